The maximum absolute atomic E-state index is 10.7. The number of carbonyl (C=O) groups is 1. The predicted octanol–water partition coefficient (Wildman–Crippen LogP) is 1.76. The number of ether oxygens (including phenoxy) is 1. The summed E-state index contributed by atoms with van der Waals surface area (Å²) in [6.07, 6.45) is 0.773. The van der Waals surface area contributed by atoms with E-state index in [4.69, 9.17) is 0 Å². The molecule has 0 rings (SSSR count). The van der Waals surface area contributed by atoms with E-state index in [0.29, 0.717) is 13.2 Å². The van der Waals surface area contributed by atoms with Gasteiger partial charge in [-0.1, -0.05) is 20.8 Å². The van der Waals surface area contributed by atoms with Crippen LogP contribution in [0, 0.1) is 0 Å². The number of amides is 1. The first-order valence-corrected chi connectivity index (χ1v) is 5.42. The van der Waals surface area contributed by atoms with Crippen molar-refractivity contribution in [3.05, 3.63) is 0 Å². The van der Waals surface area contributed by atoms with Crippen molar-refractivity contribution in [3.63, 3.8) is 0 Å². The van der Waals surface area contributed by atoms with Gasteiger partial charge in [0.1, 0.15) is 0 Å². The van der Waals surface area contributed by atoms with Crippen LogP contribution < -0.4 is 10.6 Å². The van der Waals surface area contributed by atoms with Crippen LogP contribution in [0.1, 0.15) is 34.1 Å². The van der Waals surface area contributed by atoms with Crippen LogP contribution in [0.15, 0.2) is 0 Å². The molecule has 0 atom stereocenters. The van der Waals surface area contributed by atoms with Gasteiger partial charge < -0.3 is 15.4 Å². The molecule has 0 aromatic carbocycles. The van der Waals surface area contributed by atoms with Gasteiger partial charge in [0.25, 0.3) is 0 Å². The standard InChI is InChI=1S/C8H18N2O2.C2H6/c1-3-5-9-6-7-10-8(11)12-4-2;1-2/h9H,3-7H2,1-2H3,(H,10,11);1-2H3. The summed E-state index contributed by atoms with van der Waals surface area (Å²) >= 11 is 0. The molecule has 0 bridgehead atoms. The highest BCUT2D eigenvalue weighted by Crippen LogP contribution is 1.74. The number of rotatable bonds is 6. The van der Waals surface area contributed by atoms with Crippen LogP contribution in [0.4, 0.5) is 4.79 Å². The molecule has 1 amide bonds. The zero-order valence-corrected chi connectivity index (χ0v) is 9.85. The lowest BCUT2D eigenvalue weighted by atomic mass is 10.5. The fraction of sp³-hybridized carbons (Fsp3) is 0.900. The summed E-state index contributed by atoms with van der Waals surface area (Å²) < 4.78 is 4.67. The Morgan fingerprint density at radius 2 is 1.79 bits per heavy atom. The summed E-state index contributed by atoms with van der Waals surface area (Å²) in [6.45, 7) is 10.7. The Balaban J connectivity index is 0. The van der Waals surface area contributed by atoms with Crippen LogP contribution in [0.2, 0.25) is 0 Å². The summed E-state index contributed by atoms with van der Waals surface area (Å²) in [7, 11) is 0. The van der Waals surface area contributed by atoms with Gasteiger partial charge in [-0.2, -0.15) is 0 Å². The second-order valence-corrected chi connectivity index (χ2v) is 2.40. The minimum atomic E-state index is -0.337. The van der Waals surface area contributed by atoms with E-state index in [1.54, 1.807) is 6.92 Å². The molecular formula is C10H24N2O2. The second-order valence-electron chi connectivity index (χ2n) is 2.40. The van der Waals surface area contributed by atoms with Gasteiger partial charge in [-0.25, -0.2) is 4.79 Å². The van der Waals surface area contributed by atoms with Gasteiger partial charge in [0, 0.05) is 13.1 Å². The first kappa shape index (κ1) is 15.7. The van der Waals surface area contributed by atoms with Gasteiger partial charge in [0.2, 0.25) is 0 Å². The maximum Gasteiger partial charge on any atom is 0.407 e. The molecule has 0 radical (unpaired) electrons. The van der Waals surface area contributed by atoms with Crippen LogP contribution in [0.3, 0.4) is 0 Å². The molecule has 4 heteroatoms. The highest BCUT2D eigenvalue weighted by molar-refractivity contribution is 5.66. The molecule has 0 heterocycles. The molecule has 0 aliphatic heterocycles. The molecule has 0 unspecified atom stereocenters. The lowest BCUT2D eigenvalue weighted by Gasteiger charge is -2.05. The minimum Gasteiger partial charge on any atom is -0.450 e. The number of nitrogens with one attached hydrogen (secondary N) is 2. The zero-order valence-electron chi connectivity index (χ0n) is 9.85. The third kappa shape index (κ3) is 13.8. The quantitative estimate of drug-likeness (QED) is 0.648. The van der Waals surface area contributed by atoms with Crippen molar-refractivity contribution in [2.24, 2.45) is 0 Å². The smallest absolute Gasteiger partial charge is 0.407 e. The molecule has 14 heavy (non-hydrogen) atoms. The van der Waals surface area contributed by atoms with E-state index in [9.17, 15) is 4.79 Å². The molecule has 2 N–H and O–H groups in total. The molecule has 0 aromatic heterocycles. The summed E-state index contributed by atoms with van der Waals surface area (Å²) in [5.74, 6) is 0. The molecule has 4 nitrogen and oxygen atoms in total. The molecule has 0 saturated heterocycles. The van der Waals surface area contributed by atoms with Gasteiger partial charge >= 0.3 is 6.09 Å². The summed E-state index contributed by atoms with van der Waals surface area (Å²) in [5.41, 5.74) is 0. The van der Waals surface area contributed by atoms with Crippen LogP contribution >= 0.6 is 0 Å². The number of alkyl carbamates (subject to hydrolysis) is 1. The number of hydrogen-bond donors (Lipinski definition) is 2. The first-order valence-electron chi connectivity index (χ1n) is 5.42. The molecular weight excluding hydrogens is 180 g/mol. The second kappa shape index (κ2) is 14.7. The van der Waals surface area contributed by atoms with Gasteiger partial charge in [-0.15, -0.1) is 0 Å². The lowest BCUT2D eigenvalue weighted by molar-refractivity contribution is 0.152. The molecule has 86 valence electrons. The van der Waals surface area contributed by atoms with E-state index >= 15 is 0 Å². The van der Waals surface area contributed by atoms with Crippen molar-refractivity contribution in [3.8, 4) is 0 Å². The number of hydrogen-bond acceptors (Lipinski definition) is 3. The Morgan fingerprint density at radius 1 is 1.14 bits per heavy atom. The third-order valence-electron chi connectivity index (χ3n) is 1.27. The van der Waals surface area contributed by atoms with E-state index < -0.39 is 0 Å². The molecule has 0 aliphatic carbocycles. The van der Waals surface area contributed by atoms with Crippen molar-refractivity contribution in [2.75, 3.05) is 26.2 Å². The zero-order chi connectivity index (χ0) is 11.2. The monoisotopic (exact) mass is 204 g/mol. The highest BCUT2D eigenvalue weighted by Gasteiger charge is 1.96. The van der Waals surface area contributed by atoms with Gasteiger partial charge in [-0.3, -0.25) is 0 Å². The molecule has 0 fully saturated rings. The van der Waals surface area contributed by atoms with Crippen LogP contribution in [-0.4, -0.2) is 32.3 Å². The Bertz CT molecular complexity index is 119. The van der Waals surface area contributed by atoms with Crippen LogP contribution in [-0.2, 0) is 4.74 Å². The number of carbonyl (C=O) groups excluding carboxylic acids is 1. The Hall–Kier alpha value is -0.770. The van der Waals surface area contributed by atoms with Gasteiger partial charge in [0.05, 0.1) is 6.61 Å². The van der Waals surface area contributed by atoms with Crippen molar-refractivity contribution in [2.45, 2.75) is 34.1 Å². The largest absolute Gasteiger partial charge is 0.450 e. The van der Waals surface area contributed by atoms with E-state index in [2.05, 4.69) is 22.3 Å². The Kier molecular flexibility index (Phi) is 16.5. The summed E-state index contributed by atoms with van der Waals surface area (Å²) in [5, 5.41) is 5.78. The molecule has 0 aliphatic rings. The molecule has 0 saturated carbocycles. The fourth-order valence-corrected chi connectivity index (χ4v) is 0.737. The highest BCUT2D eigenvalue weighted by atomic mass is 16.5. The van der Waals surface area contributed by atoms with E-state index in [1.807, 2.05) is 13.8 Å². The van der Waals surface area contributed by atoms with Gasteiger partial charge in [-0.05, 0) is 19.9 Å². The Morgan fingerprint density at radius 3 is 2.29 bits per heavy atom. The fourth-order valence-electron chi connectivity index (χ4n) is 0.737. The predicted molar refractivity (Wildman–Crippen MR) is 59.5 cm³/mol. The lowest BCUT2D eigenvalue weighted by Crippen LogP contribution is -2.32. The Labute approximate surface area is 87.4 Å². The van der Waals surface area contributed by atoms with E-state index in [-0.39, 0.29) is 6.09 Å². The van der Waals surface area contributed by atoms with Crippen molar-refractivity contribution in [1.29, 1.82) is 0 Å². The van der Waals surface area contributed by atoms with Crippen LogP contribution in [0.5, 0.6) is 0 Å². The van der Waals surface area contributed by atoms with E-state index in [1.165, 1.54) is 0 Å². The summed E-state index contributed by atoms with van der Waals surface area (Å²) in [6, 6.07) is 0. The molecule has 0 spiro atoms. The third-order valence-corrected chi connectivity index (χ3v) is 1.27. The average molecular weight is 204 g/mol. The minimum absolute atomic E-state index is 0.337. The van der Waals surface area contributed by atoms with Crippen LogP contribution in [0.25, 0.3) is 0 Å². The van der Waals surface area contributed by atoms with E-state index in [0.717, 1.165) is 19.5 Å². The van der Waals surface area contributed by atoms with Crippen molar-refractivity contribution < 1.29 is 9.53 Å². The first-order chi connectivity index (χ1) is 6.81. The summed E-state index contributed by atoms with van der Waals surface area (Å²) in [4.78, 5) is 10.7. The van der Waals surface area contributed by atoms with Gasteiger partial charge in [0.15, 0.2) is 0 Å². The SMILES string of the molecule is CC.CCCNCCNC(=O)OCC. The normalized spacial score (nSPS) is 8.57. The topological polar surface area (TPSA) is 50.4 Å². The maximum atomic E-state index is 10.7. The average Bonchev–Trinajstić information content (AvgIpc) is 2.21. The molecule has 0 aromatic rings. The van der Waals surface area contributed by atoms with Crippen molar-refractivity contribution >= 4 is 6.09 Å². The van der Waals surface area contributed by atoms with Crippen molar-refractivity contribution in [1.82, 2.24) is 10.6 Å².